The first kappa shape index (κ1) is 22.9. The largest absolute Gasteiger partial charge is 0.282 e. The van der Waals surface area contributed by atoms with Crippen LogP contribution in [0.25, 0.3) is 0 Å². The third kappa shape index (κ3) is 12.4. The van der Waals surface area contributed by atoms with Crippen molar-refractivity contribution in [3.8, 4) is 0 Å². The van der Waals surface area contributed by atoms with Crippen LogP contribution in [0.15, 0.2) is 24.3 Å². The zero-order valence-corrected chi connectivity index (χ0v) is 17.8. The molecular formula is C14H22O2S6. The van der Waals surface area contributed by atoms with E-state index in [0.717, 1.165) is 11.5 Å². The van der Waals surface area contributed by atoms with Crippen molar-refractivity contribution in [3.63, 3.8) is 0 Å². The van der Waals surface area contributed by atoms with Gasteiger partial charge >= 0.3 is 0 Å². The zero-order chi connectivity index (χ0) is 17.1. The van der Waals surface area contributed by atoms with E-state index in [2.05, 4.69) is 38.4 Å². The molecule has 0 saturated heterocycles. The summed E-state index contributed by atoms with van der Waals surface area (Å²) in [6.07, 6.45) is 0. The Morgan fingerprint density at radius 3 is 1.41 bits per heavy atom. The molecule has 0 N–H and O–H groups in total. The van der Waals surface area contributed by atoms with Gasteiger partial charge in [-0.05, 0) is 25.0 Å². The van der Waals surface area contributed by atoms with Gasteiger partial charge in [0.05, 0.1) is 0 Å². The van der Waals surface area contributed by atoms with Crippen molar-refractivity contribution >= 4 is 80.6 Å². The van der Waals surface area contributed by atoms with Crippen LogP contribution in [0.2, 0.25) is 0 Å². The fourth-order valence-electron chi connectivity index (χ4n) is 0.940. The topological polar surface area (TPSA) is 34.1 Å². The molecule has 2 nitrogen and oxygen atoms in total. The van der Waals surface area contributed by atoms with Gasteiger partial charge in [0.2, 0.25) is 10.2 Å². The second-order valence-corrected chi connectivity index (χ2v) is 10.6. The molecule has 0 aliphatic heterocycles. The molecule has 0 fully saturated rings. The third-order valence-corrected chi connectivity index (χ3v) is 8.75. The van der Waals surface area contributed by atoms with Crippen LogP contribution in [-0.2, 0) is 9.59 Å². The molecule has 0 heterocycles. The lowest BCUT2D eigenvalue weighted by atomic mass is 10.4. The molecule has 0 aliphatic carbocycles. The van der Waals surface area contributed by atoms with Gasteiger partial charge in [-0.25, -0.2) is 0 Å². The van der Waals surface area contributed by atoms with Crippen LogP contribution >= 0.6 is 70.4 Å². The summed E-state index contributed by atoms with van der Waals surface area (Å²) in [5.41, 5.74) is 1.15. The van der Waals surface area contributed by atoms with Crippen LogP contribution in [0.3, 0.4) is 0 Å². The van der Waals surface area contributed by atoms with Gasteiger partial charge in [0.1, 0.15) is 0 Å². The predicted molar refractivity (Wildman–Crippen MR) is 115 cm³/mol. The molecule has 0 bridgehead atoms. The maximum absolute atomic E-state index is 11.4. The predicted octanol–water partition coefficient (Wildman–Crippen LogP) is 4.64. The van der Waals surface area contributed by atoms with Crippen LogP contribution in [0.5, 0.6) is 0 Å². The molecular weight excluding hydrogens is 393 g/mol. The molecule has 0 amide bonds. The minimum atomic E-state index is 0.0336. The van der Waals surface area contributed by atoms with Gasteiger partial charge in [-0.15, -0.1) is 0 Å². The molecule has 22 heavy (non-hydrogen) atoms. The number of hydrogen-bond donors (Lipinski definition) is 2. The highest BCUT2D eigenvalue weighted by atomic mass is 33.1. The lowest BCUT2D eigenvalue weighted by Crippen LogP contribution is -2.10. The van der Waals surface area contributed by atoms with E-state index >= 15 is 0 Å². The molecule has 0 aliphatic rings. The van der Waals surface area contributed by atoms with Crippen LogP contribution in [0.4, 0.5) is 0 Å². The van der Waals surface area contributed by atoms with E-state index in [1.165, 1.54) is 23.5 Å². The first-order chi connectivity index (χ1) is 10.2. The highest BCUT2D eigenvalue weighted by molar-refractivity contribution is 8.76. The maximum Gasteiger partial charge on any atom is 0.214 e. The number of thiol groups is 2. The highest BCUT2D eigenvalue weighted by Gasteiger charge is 2.11. The van der Waals surface area contributed by atoms with Gasteiger partial charge in [-0.3, -0.25) is 9.59 Å². The number of hydrogen-bond acceptors (Lipinski definition) is 8. The molecule has 0 rings (SSSR count). The van der Waals surface area contributed by atoms with Crippen LogP contribution in [-0.4, -0.2) is 43.7 Å². The second-order valence-electron chi connectivity index (χ2n) is 4.63. The van der Waals surface area contributed by atoms with Gasteiger partial charge in [0, 0.05) is 33.5 Å². The van der Waals surface area contributed by atoms with Gasteiger partial charge in [0.25, 0.3) is 0 Å². The lowest BCUT2D eigenvalue weighted by molar-refractivity contribution is -0.108. The molecule has 0 aromatic heterocycles. The summed E-state index contributed by atoms with van der Waals surface area (Å²) in [6, 6.07) is 0. The van der Waals surface area contributed by atoms with Crippen molar-refractivity contribution in [2.75, 3.05) is 23.0 Å². The van der Waals surface area contributed by atoms with Gasteiger partial charge < -0.3 is 0 Å². The van der Waals surface area contributed by atoms with Crippen molar-refractivity contribution < 1.29 is 9.59 Å². The van der Waals surface area contributed by atoms with Crippen molar-refractivity contribution in [2.45, 2.75) is 24.3 Å². The smallest absolute Gasteiger partial charge is 0.214 e. The SMILES string of the molecule is C=C(C)C(=O)SCC(S)CSSCC(S)CSC(=O)C(=C)C. The summed E-state index contributed by atoms with van der Waals surface area (Å²) < 4.78 is 0. The normalized spacial score (nSPS) is 13.5. The molecule has 0 radical (unpaired) electrons. The molecule has 2 atom stereocenters. The minimum Gasteiger partial charge on any atom is -0.282 e. The summed E-state index contributed by atoms with van der Waals surface area (Å²) >= 11 is 11.5. The van der Waals surface area contributed by atoms with E-state index in [1.807, 2.05) is 0 Å². The van der Waals surface area contributed by atoms with Crippen LogP contribution in [0, 0.1) is 0 Å². The monoisotopic (exact) mass is 414 g/mol. The molecule has 0 aromatic carbocycles. The number of carbonyl (C=O) groups excluding carboxylic acids is 2. The molecule has 8 heteroatoms. The first-order valence-electron chi connectivity index (χ1n) is 6.49. The van der Waals surface area contributed by atoms with Crippen LogP contribution in [0.1, 0.15) is 13.8 Å². The van der Waals surface area contributed by atoms with Gasteiger partial charge in [0.15, 0.2) is 0 Å². The van der Waals surface area contributed by atoms with Gasteiger partial charge in [-0.1, -0.05) is 58.3 Å². The fraction of sp³-hybridized carbons (Fsp3) is 0.571. The lowest BCUT2D eigenvalue weighted by Gasteiger charge is -2.11. The van der Waals surface area contributed by atoms with Crippen molar-refractivity contribution in [3.05, 3.63) is 24.3 Å². The fourth-order valence-corrected chi connectivity index (χ4v) is 6.46. The zero-order valence-electron chi connectivity index (χ0n) is 12.7. The van der Waals surface area contributed by atoms with E-state index in [-0.39, 0.29) is 20.7 Å². The Labute approximate surface area is 161 Å². The molecule has 0 aromatic rings. The molecule has 2 unspecified atom stereocenters. The first-order valence-corrected chi connectivity index (χ1v) is 12.0. The number of thioether (sulfide) groups is 2. The molecule has 0 saturated carbocycles. The number of rotatable bonds is 11. The summed E-state index contributed by atoms with van der Waals surface area (Å²) in [4.78, 5) is 22.8. The Hall–Kier alpha value is 0.920. The Balaban J connectivity index is 3.66. The van der Waals surface area contributed by atoms with E-state index in [4.69, 9.17) is 0 Å². The van der Waals surface area contributed by atoms with Crippen molar-refractivity contribution in [2.24, 2.45) is 0 Å². The Bertz CT molecular complexity index is 372. The Kier molecular flexibility index (Phi) is 13.8. The van der Waals surface area contributed by atoms with Crippen molar-refractivity contribution in [1.82, 2.24) is 0 Å². The highest BCUT2D eigenvalue weighted by Crippen LogP contribution is 2.28. The number of carbonyl (C=O) groups is 2. The quantitative estimate of drug-likeness (QED) is 0.222. The Morgan fingerprint density at radius 2 is 1.14 bits per heavy atom. The maximum atomic E-state index is 11.4. The third-order valence-electron chi connectivity index (χ3n) is 2.11. The van der Waals surface area contributed by atoms with E-state index < -0.39 is 0 Å². The summed E-state index contributed by atoms with van der Waals surface area (Å²) in [5.74, 6) is 3.11. The Morgan fingerprint density at radius 1 is 0.818 bits per heavy atom. The molecule has 0 spiro atoms. The van der Waals surface area contributed by atoms with Gasteiger partial charge in [-0.2, -0.15) is 25.3 Å². The average Bonchev–Trinajstić information content (AvgIpc) is 2.46. The van der Waals surface area contributed by atoms with Crippen LogP contribution < -0.4 is 0 Å². The van der Waals surface area contributed by atoms with E-state index in [1.54, 1.807) is 35.4 Å². The second kappa shape index (κ2) is 13.2. The standard InChI is InChI=1S/C14H22O2S6/c1-9(2)13(15)19-5-11(17)7-21-22-8-12(18)6-20-14(16)10(3)4/h11-12,17-18H,1,3,5-8H2,2,4H3. The van der Waals surface area contributed by atoms with E-state index in [0.29, 0.717) is 22.7 Å². The van der Waals surface area contributed by atoms with E-state index in [9.17, 15) is 9.59 Å². The summed E-state index contributed by atoms with van der Waals surface area (Å²) in [5, 5.41) is 0.407. The average molecular weight is 415 g/mol. The summed E-state index contributed by atoms with van der Waals surface area (Å²) in [6.45, 7) is 10.7. The molecule has 126 valence electrons. The summed E-state index contributed by atoms with van der Waals surface area (Å²) in [7, 11) is 3.45. The minimum absolute atomic E-state index is 0.0336. The van der Waals surface area contributed by atoms with Crippen molar-refractivity contribution in [1.29, 1.82) is 0 Å².